The van der Waals surface area contributed by atoms with Gasteiger partial charge < -0.3 is 19.6 Å². The van der Waals surface area contributed by atoms with E-state index in [-0.39, 0.29) is 5.91 Å². The Balaban J connectivity index is 1.55. The third-order valence-corrected chi connectivity index (χ3v) is 5.70. The van der Waals surface area contributed by atoms with Gasteiger partial charge >= 0.3 is 0 Å². The predicted molar refractivity (Wildman–Crippen MR) is 123 cm³/mol. The zero-order valence-electron chi connectivity index (χ0n) is 19.3. The molecule has 2 heterocycles. The molecule has 1 aliphatic rings. The minimum atomic E-state index is -1.64. The van der Waals surface area contributed by atoms with E-state index in [2.05, 4.69) is 4.98 Å². The number of aryl methyl sites for hydroxylation is 1. The number of pyridine rings is 1. The van der Waals surface area contributed by atoms with Crippen LogP contribution in [0.3, 0.4) is 0 Å². The van der Waals surface area contributed by atoms with Crippen LogP contribution in [-0.4, -0.2) is 76.0 Å². The lowest BCUT2D eigenvalue weighted by molar-refractivity contribution is -0.155. The van der Waals surface area contributed by atoms with Gasteiger partial charge in [0.25, 0.3) is 5.91 Å². The number of hydrogen-bond acceptors (Lipinski definition) is 8. The molecular weight excluding hydrogens is 440 g/mol. The highest BCUT2D eigenvalue weighted by molar-refractivity contribution is 5.88. The summed E-state index contributed by atoms with van der Waals surface area (Å²) < 4.78 is 5.45. The van der Waals surface area contributed by atoms with E-state index in [9.17, 15) is 14.7 Å². The van der Waals surface area contributed by atoms with Crippen molar-refractivity contribution in [1.82, 2.24) is 20.4 Å². The summed E-state index contributed by atoms with van der Waals surface area (Å²) >= 11 is 0. The molecule has 1 aromatic heterocycles. The summed E-state index contributed by atoms with van der Waals surface area (Å²) in [7, 11) is 0. The van der Waals surface area contributed by atoms with Crippen LogP contribution in [0.1, 0.15) is 25.3 Å². The molecule has 0 spiro atoms. The quantitative estimate of drug-likeness (QED) is 0.331. The van der Waals surface area contributed by atoms with Crippen molar-refractivity contribution in [2.45, 2.75) is 32.3 Å². The first kappa shape index (κ1) is 25.4. The highest BCUT2D eigenvalue weighted by Crippen LogP contribution is 2.21. The van der Waals surface area contributed by atoms with Crippen molar-refractivity contribution in [3.8, 4) is 11.6 Å². The molecule has 34 heavy (non-hydrogen) atoms. The van der Waals surface area contributed by atoms with E-state index >= 15 is 0 Å². The zero-order chi connectivity index (χ0) is 24.3. The summed E-state index contributed by atoms with van der Waals surface area (Å²) in [5, 5.41) is 21.1. The SMILES string of the molecule is CCOc1ccc(CCC[C@@H](C(=O)N2CCN(Oc3ccccn3)CC2)[C@H](O)C(=O)NO)cc1. The molecule has 0 unspecified atom stereocenters. The first-order valence-corrected chi connectivity index (χ1v) is 11.5. The Hall–Kier alpha value is -3.21. The number of nitrogens with one attached hydrogen (secondary N) is 1. The van der Waals surface area contributed by atoms with Gasteiger partial charge in [-0.3, -0.25) is 14.8 Å². The smallest absolute Gasteiger partial charge is 0.272 e. The van der Waals surface area contributed by atoms with Gasteiger partial charge in [0.15, 0.2) is 0 Å². The molecule has 0 aliphatic carbocycles. The number of hydroxylamine groups is 3. The number of piperazine rings is 1. The Morgan fingerprint density at radius 1 is 1.12 bits per heavy atom. The first-order valence-electron chi connectivity index (χ1n) is 11.5. The molecule has 3 rings (SSSR count). The summed E-state index contributed by atoms with van der Waals surface area (Å²) in [6, 6.07) is 13.1. The highest BCUT2D eigenvalue weighted by atomic mass is 16.7. The van der Waals surface area contributed by atoms with Crippen molar-refractivity contribution < 1.29 is 29.5 Å². The molecule has 1 aliphatic heterocycles. The molecule has 1 aromatic carbocycles. The Morgan fingerprint density at radius 2 is 1.85 bits per heavy atom. The van der Waals surface area contributed by atoms with Crippen molar-refractivity contribution >= 4 is 11.8 Å². The molecule has 0 saturated carbocycles. The maximum atomic E-state index is 13.2. The lowest BCUT2D eigenvalue weighted by Crippen LogP contribution is -2.54. The summed E-state index contributed by atoms with van der Waals surface area (Å²) in [5.41, 5.74) is 2.52. The van der Waals surface area contributed by atoms with Gasteiger partial charge in [-0.1, -0.05) is 18.2 Å². The van der Waals surface area contributed by atoms with E-state index in [0.717, 1.165) is 11.3 Å². The molecule has 0 bridgehead atoms. The molecule has 0 radical (unpaired) electrons. The Morgan fingerprint density at radius 3 is 2.47 bits per heavy atom. The fourth-order valence-corrected chi connectivity index (χ4v) is 3.88. The van der Waals surface area contributed by atoms with E-state index in [4.69, 9.17) is 14.8 Å². The normalized spacial score (nSPS) is 15.9. The van der Waals surface area contributed by atoms with E-state index < -0.39 is 17.9 Å². The topological polar surface area (TPSA) is 124 Å². The van der Waals surface area contributed by atoms with E-state index in [0.29, 0.717) is 57.9 Å². The minimum Gasteiger partial charge on any atom is -0.494 e. The molecule has 2 atom stereocenters. The Bertz CT molecular complexity index is 903. The molecule has 2 aromatic rings. The van der Waals surface area contributed by atoms with Crippen LogP contribution in [0.15, 0.2) is 48.7 Å². The van der Waals surface area contributed by atoms with Crippen molar-refractivity contribution in [2.24, 2.45) is 5.92 Å². The van der Waals surface area contributed by atoms with Gasteiger partial charge in [-0.15, -0.1) is 5.06 Å². The van der Waals surface area contributed by atoms with E-state index in [1.54, 1.807) is 28.3 Å². The monoisotopic (exact) mass is 472 g/mol. The van der Waals surface area contributed by atoms with Gasteiger partial charge in [0, 0.05) is 25.4 Å². The second-order valence-corrected chi connectivity index (χ2v) is 8.01. The molecule has 10 nitrogen and oxygen atoms in total. The molecule has 184 valence electrons. The maximum Gasteiger partial charge on any atom is 0.272 e. The van der Waals surface area contributed by atoms with Crippen LogP contribution in [0.2, 0.25) is 0 Å². The van der Waals surface area contributed by atoms with E-state index in [1.165, 1.54) is 5.48 Å². The highest BCUT2D eigenvalue weighted by Gasteiger charge is 2.36. The second-order valence-electron chi connectivity index (χ2n) is 8.01. The van der Waals surface area contributed by atoms with Gasteiger partial charge in [-0.2, -0.15) is 0 Å². The zero-order valence-corrected chi connectivity index (χ0v) is 19.3. The third-order valence-electron chi connectivity index (χ3n) is 5.70. The van der Waals surface area contributed by atoms with Crippen LogP contribution in [0.25, 0.3) is 0 Å². The predicted octanol–water partition coefficient (Wildman–Crippen LogP) is 1.42. The summed E-state index contributed by atoms with van der Waals surface area (Å²) in [6.45, 7) is 4.21. The molecule has 2 amide bonds. The second kappa shape index (κ2) is 12.9. The van der Waals surface area contributed by atoms with Crippen LogP contribution in [-0.2, 0) is 16.0 Å². The maximum absolute atomic E-state index is 13.2. The number of carbonyl (C=O) groups is 2. The van der Waals surface area contributed by atoms with Gasteiger partial charge in [0.2, 0.25) is 11.8 Å². The summed E-state index contributed by atoms with van der Waals surface area (Å²) in [5.74, 6) is -1.00. The largest absolute Gasteiger partial charge is 0.494 e. The van der Waals surface area contributed by atoms with Crippen molar-refractivity contribution in [3.63, 3.8) is 0 Å². The molecule has 1 fully saturated rings. The number of nitrogens with zero attached hydrogens (tertiary/aromatic N) is 3. The van der Waals surface area contributed by atoms with E-state index in [1.807, 2.05) is 37.3 Å². The van der Waals surface area contributed by atoms with Crippen molar-refractivity contribution in [3.05, 3.63) is 54.2 Å². The van der Waals surface area contributed by atoms with Gasteiger partial charge in [-0.05, 0) is 49.9 Å². The van der Waals surface area contributed by atoms with Crippen LogP contribution in [0.4, 0.5) is 0 Å². The van der Waals surface area contributed by atoms with Crippen LogP contribution >= 0.6 is 0 Å². The summed E-state index contributed by atoms with van der Waals surface area (Å²) in [4.78, 5) is 36.6. The van der Waals surface area contributed by atoms with Crippen molar-refractivity contribution in [2.75, 3.05) is 32.8 Å². The number of ether oxygens (including phenoxy) is 1. The fraction of sp³-hybridized carbons (Fsp3) is 0.458. The number of aromatic nitrogens is 1. The number of amides is 2. The summed E-state index contributed by atoms with van der Waals surface area (Å²) in [6.07, 6.45) is 1.56. The lowest BCUT2D eigenvalue weighted by atomic mass is 9.92. The number of carbonyl (C=O) groups excluding carboxylic acids is 2. The number of hydrogen-bond donors (Lipinski definition) is 3. The fourth-order valence-electron chi connectivity index (χ4n) is 3.88. The standard InChI is InChI=1S/C24H32N4O6/c1-2-33-19-11-9-18(10-12-19)6-5-7-20(22(29)23(30)26-32)24(31)27-14-16-28(17-15-27)34-21-8-3-4-13-25-21/h3-4,8-13,20,22,29,32H,2,5-7,14-17H2,1H3,(H,26,30)/t20-,22+/m1/s1. The number of benzene rings is 1. The van der Waals surface area contributed by atoms with Gasteiger partial charge in [0.1, 0.15) is 11.9 Å². The number of rotatable bonds is 11. The molecule has 1 saturated heterocycles. The molecule has 10 heteroatoms. The first-order chi connectivity index (χ1) is 16.5. The Kier molecular flexibility index (Phi) is 9.62. The average molecular weight is 473 g/mol. The third kappa shape index (κ3) is 7.14. The van der Waals surface area contributed by atoms with Crippen molar-refractivity contribution in [1.29, 1.82) is 0 Å². The number of aliphatic hydroxyl groups excluding tert-OH is 1. The minimum absolute atomic E-state index is 0.297. The average Bonchev–Trinajstić information content (AvgIpc) is 2.87. The van der Waals surface area contributed by atoms with Gasteiger partial charge in [0.05, 0.1) is 25.6 Å². The molecular formula is C24H32N4O6. The molecule has 3 N–H and O–H groups in total. The number of aliphatic hydroxyl groups is 1. The lowest BCUT2D eigenvalue weighted by Gasteiger charge is -2.36. The Labute approximate surface area is 199 Å². The van der Waals surface area contributed by atoms with Gasteiger partial charge in [-0.25, -0.2) is 10.5 Å². The van der Waals surface area contributed by atoms with Crippen LogP contribution in [0.5, 0.6) is 11.6 Å². The van der Waals surface area contributed by atoms with Crippen LogP contribution < -0.4 is 15.1 Å². The van der Waals surface area contributed by atoms with Crippen LogP contribution in [0, 0.1) is 5.92 Å².